The minimum atomic E-state index is 0.399. The molecule has 96 valence electrons. The molecule has 3 nitrogen and oxygen atoms in total. The summed E-state index contributed by atoms with van der Waals surface area (Å²) in [6.07, 6.45) is 2.01. The third kappa shape index (κ3) is 3.05. The van der Waals surface area contributed by atoms with Gasteiger partial charge in [0.15, 0.2) is 0 Å². The predicted octanol–water partition coefficient (Wildman–Crippen LogP) is 4.04. The Hall–Kier alpha value is -1.48. The molecule has 0 aliphatic carbocycles. The highest BCUT2D eigenvalue weighted by Crippen LogP contribution is 2.20. The predicted molar refractivity (Wildman–Crippen MR) is 76.1 cm³/mol. The Balaban J connectivity index is 2.02. The molecule has 0 unspecified atom stereocenters. The monoisotopic (exact) mass is 263 g/mol. The van der Waals surface area contributed by atoms with Gasteiger partial charge in [-0.3, -0.25) is 4.68 Å². The summed E-state index contributed by atoms with van der Waals surface area (Å²) in [6.45, 7) is 7.00. The van der Waals surface area contributed by atoms with E-state index in [2.05, 4.69) is 24.3 Å². The van der Waals surface area contributed by atoms with E-state index in [1.54, 1.807) is 0 Å². The fraction of sp³-hybridized carbons (Fsp3) is 0.357. The van der Waals surface area contributed by atoms with Crippen molar-refractivity contribution in [1.29, 1.82) is 0 Å². The number of nitrogens with one attached hydrogen (secondary N) is 1. The maximum absolute atomic E-state index is 5.93. The van der Waals surface area contributed by atoms with E-state index < -0.39 is 0 Å². The molecular formula is C14H18ClN3. The van der Waals surface area contributed by atoms with E-state index in [9.17, 15) is 0 Å². The molecule has 2 rings (SSSR count). The number of hydrogen-bond donors (Lipinski definition) is 1. The molecule has 0 fully saturated rings. The first-order chi connectivity index (χ1) is 8.56. The number of halogens is 1. The molecule has 0 radical (unpaired) electrons. The molecule has 0 saturated carbocycles. The van der Waals surface area contributed by atoms with Crippen LogP contribution in [0.4, 0.5) is 5.69 Å². The first kappa shape index (κ1) is 13.0. The first-order valence-electron chi connectivity index (χ1n) is 6.10. The summed E-state index contributed by atoms with van der Waals surface area (Å²) in [6, 6.07) is 8.28. The van der Waals surface area contributed by atoms with Gasteiger partial charge in [0.25, 0.3) is 0 Å². The largest absolute Gasteiger partial charge is 0.379 e. The molecular weight excluding hydrogens is 246 g/mol. The molecule has 0 aliphatic heterocycles. The Labute approximate surface area is 113 Å². The van der Waals surface area contributed by atoms with E-state index in [-0.39, 0.29) is 0 Å². The Bertz CT molecular complexity index is 532. The minimum Gasteiger partial charge on any atom is -0.379 e. The van der Waals surface area contributed by atoms with Crippen molar-refractivity contribution in [3.05, 3.63) is 46.7 Å². The average molecular weight is 264 g/mol. The van der Waals surface area contributed by atoms with E-state index in [1.165, 1.54) is 0 Å². The van der Waals surface area contributed by atoms with E-state index >= 15 is 0 Å². The van der Waals surface area contributed by atoms with Gasteiger partial charge >= 0.3 is 0 Å². The van der Waals surface area contributed by atoms with Crippen molar-refractivity contribution >= 4 is 17.3 Å². The summed E-state index contributed by atoms with van der Waals surface area (Å²) in [5.74, 6) is 0. The second-order valence-corrected chi connectivity index (χ2v) is 5.13. The van der Waals surface area contributed by atoms with Crippen molar-refractivity contribution in [3.63, 3.8) is 0 Å². The van der Waals surface area contributed by atoms with Gasteiger partial charge in [-0.15, -0.1) is 0 Å². The van der Waals surface area contributed by atoms with Crippen LogP contribution in [0.25, 0.3) is 0 Å². The van der Waals surface area contributed by atoms with Crippen LogP contribution in [-0.4, -0.2) is 9.78 Å². The van der Waals surface area contributed by atoms with E-state index in [1.807, 2.05) is 42.1 Å². The van der Waals surface area contributed by atoms with Gasteiger partial charge in [0.1, 0.15) is 0 Å². The van der Waals surface area contributed by atoms with E-state index in [0.29, 0.717) is 6.04 Å². The molecule has 0 bridgehead atoms. The molecule has 0 saturated heterocycles. The molecule has 1 N–H and O–H groups in total. The Morgan fingerprint density at radius 2 is 2.11 bits per heavy atom. The standard InChI is InChI=1S/C14H18ClN3/c1-10(2)18-7-6-13(17-18)9-16-14-5-4-12(15)8-11(14)3/h4-8,10,16H,9H2,1-3H3. The summed E-state index contributed by atoms with van der Waals surface area (Å²) >= 11 is 5.93. The quantitative estimate of drug-likeness (QED) is 0.902. The van der Waals surface area contributed by atoms with Gasteiger partial charge in [0.05, 0.1) is 12.2 Å². The number of benzene rings is 1. The van der Waals surface area contributed by atoms with Crippen LogP contribution in [0.3, 0.4) is 0 Å². The maximum atomic E-state index is 5.93. The summed E-state index contributed by atoms with van der Waals surface area (Å²) in [5, 5.41) is 8.64. The number of aryl methyl sites for hydroxylation is 1. The molecule has 4 heteroatoms. The normalized spacial score (nSPS) is 10.9. The topological polar surface area (TPSA) is 29.9 Å². The summed E-state index contributed by atoms with van der Waals surface area (Å²) in [5.41, 5.74) is 3.28. The molecule has 0 atom stereocenters. The highest BCUT2D eigenvalue weighted by atomic mass is 35.5. The third-order valence-corrected chi connectivity index (χ3v) is 3.08. The summed E-state index contributed by atoms with van der Waals surface area (Å²) in [4.78, 5) is 0. The van der Waals surface area contributed by atoms with Gasteiger partial charge in [-0.1, -0.05) is 11.6 Å². The zero-order chi connectivity index (χ0) is 13.1. The van der Waals surface area contributed by atoms with Gasteiger partial charge < -0.3 is 5.32 Å². The molecule has 18 heavy (non-hydrogen) atoms. The molecule has 1 aromatic heterocycles. The van der Waals surface area contributed by atoms with Crippen molar-refractivity contribution in [3.8, 4) is 0 Å². The maximum Gasteiger partial charge on any atom is 0.0815 e. The lowest BCUT2D eigenvalue weighted by Gasteiger charge is -2.08. The second kappa shape index (κ2) is 5.44. The van der Waals surface area contributed by atoms with Crippen molar-refractivity contribution in [2.75, 3.05) is 5.32 Å². The van der Waals surface area contributed by atoms with Crippen LogP contribution in [0.1, 0.15) is 31.1 Å². The van der Waals surface area contributed by atoms with E-state index in [0.717, 1.165) is 28.5 Å². The molecule has 1 aromatic carbocycles. The SMILES string of the molecule is Cc1cc(Cl)ccc1NCc1ccn(C(C)C)n1. The zero-order valence-electron chi connectivity index (χ0n) is 10.9. The van der Waals surface area contributed by atoms with Crippen LogP contribution in [0.15, 0.2) is 30.5 Å². The molecule has 1 heterocycles. The van der Waals surface area contributed by atoms with Gasteiger partial charge in [-0.05, 0) is 50.6 Å². The minimum absolute atomic E-state index is 0.399. The number of aromatic nitrogens is 2. The van der Waals surface area contributed by atoms with Crippen LogP contribution >= 0.6 is 11.6 Å². The van der Waals surface area contributed by atoms with Crippen molar-refractivity contribution in [2.24, 2.45) is 0 Å². The molecule has 0 spiro atoms. The van der Waals surface area contributed by atoms with Gasteiger partial charge in [0, 0.05) is 22.9 Å². The number of hydrogen-bond acceptors (Lipinski definition) is 2. The number of anilines is 1. The zero-order valence-corrected chi connectivity index (χ0v) is 11.7. The van der Waals surface area contributed by atoms with Gasteiger partial charge in [-0.2, -0.15) is 5.10 Å². The lowest BCUT2D eigenvalue weighted by molar-refractivity contribution is 0.527. The van der Waals surface area contributed by atoms with Crippen molar-refractivity contribution in [1.82, 2.24) is 9.78 Å². The Morgan fingerprint density at radius 1 is 1.33 bits per heavy atom. The lowest BCUT2D eigenvalue weighted by atomic mass is 10.2. The van der Waals surface area contributed by atoms with Crippen molar-refractivity contribution < 1.29 is 0 Å². The summed E-state index contributed by atoms with van der Waals surface area (Å²) < 4.78 is 1.96. The highest BCUT2D eigenvalue weighted by molar-refractivity contribution is 6.30. The number of nitrogens with zero attached hydrogens (tertiary/aromatic N) is 2. The molecule has 0 amide bonds. The van der Waals surface area contributed by atoms with Gasteiger partial charge in [0.2, 0.25) is 0 Å². The van der Waals surface area contributed by atoms with Crippen LogP contribution in [0.5, 0.6) is 0 Å². The second-order valence-electron chi connectivity index (χ2n) is 4.69. The fourth-order valence-electron chi connectivity index (χ4n) is 1.77. The molecule has 2 aromatic rings. The average Bonchev–Trinajstić information content (AvgIpc) is 2.76. The van der Waals surface area contributed by atoms with E-state index in [4.69, 9.17) is 11.6 Å². The van der Waals surface area contributed by atoms with Crippen LogP contribution in [-0.2, 0) is 6.54 Å². The molecule has 0 aliphatic rings. The van der Waals surface area contributed by atoms with Crippen LogP contribution < -0.4 is 5.32 Å². The first-order valence-corrected chi connectivity index (χ1v) is 6.48. The van der Waals surface area contributed by atoms with Gasteiger partial charge in [-0.25, -0.2) is 0 Å². The highest BCUT2D eigenvalue weighted by Gasteiger charge is 2.03. The fourth-order valence-corrected chi connectivity index (χ4v) is 2.00. The third-order valence-electron chi connectivity index (χ3n) is 2.84. The van der Waals surface area contributed by atoms with Crippen LogP contribution in [0.2, 0.25) is 5.02 Å². The Kier molecular flexibility index (Phi) is 3.92. The number of rotatable bonds is 4. The van der Waals surface area contributed by atoms with Crippen LogP contribution in [0, 0.1) is 6.92 Å². The summed E-state index contributed by atoms with van der Waals surface area (Å²) in [7, 11) is 0. The lowest BCUT2D eigenvalue weighted by Crippen LogP contribution is -2.05. The smallest absolute Gasteiger partial charge is 0.0815 e. The van der Waals surface area contributed by atoms with Crippen molar-refractivity contribution in [2.45, 2.75) is 33.4 Å². The Morgan fingerprint density at radius 3 is 2.72 bits per heavy atom.